The van der Waals surface area contributed by atoms with Crippen molar-refractivity contribution in [3.05, 3.63) is 34.1 Å². The summed E-state index contributed by atoms with van der Waals surface area (Å²) in [6.07, 6.45) is -4.64. The Bertz CT molecular complexity index is 552. The molecule has 0 saturated carbocycles. The van der Waals surface area contributed by atoms with E-state index in [2.05, 4.69) is 15.5 Å². The van der Waals surface area contributed by atoms with Gasteiger partial charge in [0.15, 0.2) is 0 Å². The first-order valence-electron chi connectivity index (χ1n) is 4.20. The third-order valence-corrected chi connectivity index (χ3v) is 2.61. The molecule has 0 bridgehead atoms. The molecule has 9 heteroatoms. The average molecular weight is 283 g/mol. The third-order valence-electron chi connectivity index (χ3n) is 1.87. The Hall–Kier alpha value is -1.34. The van der Waals surface area contributed by atoms with E-state index in [4.69, 9.17) is 23.2 Å². The number of nitrogens with zero attached hydrogens (tertiary/aromatic N) is 4. The number of alkyl halides is 3. The average Bonchev–Trinajstić information content (AvgIpc) is 2.70. The van der Waals surface area contributed by atoms with E-state index in [1.807, 2.05) is 0 Å². The zero-order chi connectivity index (χ0) is 12.6. The maximum Gasteiger partial charge on any atom is 0.453 e. The Morgan fingerprint density at radius 1 is 1.12 bits per heavy atom. The number of aromatic nitrogens is 4. The SMILES string of the molecule is FC(F)(F)c1nnnn1-c1ccc(Cl)c(Cl)c1. The van der Waals surface area contributed by atoms with Gasteiger partial charge in [-0.25, -0.2) is 0 Å². The van der Waals surface area contributed by atoms with Gasteiger partial charge in [-0.2, -0.15) is 17.9 Å². The van der Waals surface area contributed by atoms with Crippen LogP contribution < -0.4 is 0 Å². The van der Waals surface area contributed by atoms with Gasteiger partial charge in [-0.1, -0.05) is 23.2 Å². The molecular formula is C8H3Cl2F3N4. The molecule has 1 aromatic carbocycles. The van der Waals surface area contributed by atoms with Crippen LogP contribution in [0.3, 0.4) is 0 Å². The molecule has 0 radical (unpaired) electrons. The summed E-state index contributed by atoms with van der Waals surface area (Å²) in [6.45, 7) is 0. The highest BCUT2D eigenvalue weighted by Crippen LogP contribution is 2.30. The second-order valence-electron chi connectivity index (χ2n) is 3.01. The Morgan fingerprint density at radius 2 is 1.82 bits per heavy atom. The van der Waals surface area contributed by atoms with Crippen molar-refractivity contribution in [2.45, 2.75) is 6.18 Å². The van der Waals surface area contributed by atoms with Crippen LogP contribution in [-0.2, 0) is 6.18 Å². The van der Waals surface area contributed by atoms with Gasteiger partial charge in [0.25, 0.3) is 5.82 Å². The van der Waals surface area contributed by atoms with Gasteiger partial charge in [-0.3, -0.25) is 0 Å². The van der Waals surface area contributed by atoms with Crippen molar-refractivity contribution < 1.29 is 13.2 Å². The van der Waals surface area contributed by atoms with Crippen LogP contribution in [0.4, 0.5) is 13.2 Å². The maximum atomic E-state index is 12.5. The van der Waals surface area contributed by atoms with Gasteiger partial charge in [-0.15, -0.1) is 5.10 Å². The van der Waals surface area contributed by atoms with Gasteiger partial charge in [0.05, 0.1) is 15.7 Å². The van der Waals surface area contributed by atoms with E-state index in [1.165, 1.54) is 18.2 Å². The minimum absolute atomic E-state index is 0.0803. The van der Waals surface area contributed by atoms with Crippen molar-refractivity contribution in [1.82, 2.24) is 20.2 Å². The number of halogens is 5. The van der Waals surface area contributed by atoms with Crippen LogP contribution in [0.15, 0.2) is 18.2 Å². The molecule has 2 rings (SSSR count). The largest absolute Gasteiger partial charge is 0.453 e. The first kappa shape index (κ1) is 12.1. The lowest BCUT2D eigenvalue weighted by molar-refractivity contribution is -0.146. The summed E-state index contributed by atoms with van der Waals surface area (Å²) in [5, 5.41) is 9.51. The second kappa shape index (κ2) is 4.15. The molecule has 0 N–H and O–H groups in total. The van der Waals surface area contributed by atoms with E-state index in [1.54, 1.807) is 0 Å². The second-order valence-corrected chi connectivity index (χ2v) is 3.82. The molecule has 2 aromatic rings. The van der Waals surface area contributed by atoms with Crippen molar-refractivity contribution in [3.63, 3.8) is 0 Å². The van der Waals surface area contributed by atoms with Gasteiger partial charge in [0.1, 0.15) is 0 Å². The van der Waals surface area contributed by atoms with E-state index >= 15 is 0 Å². The lowest BCUT2D eigenvalue weighted by Crippen LogP contribution is -2.14. The van der Waals surface area contributed by atoms with Gasteiger partial charge in [0, 0.05) is 0 Å². The molecule has 0 aliphatic carbocycles. The molecule has 0 spiro atoms. The first-order chi connectivity index (χ1) is 7.89. The highest BCUT2D eigenvalue weighted by Gasteiger charge is 2.38. The minimum atomic E-state index is -4.64. The maximum absolute atomic E-state index is 12.5. The number of hydrogen-bond donors (Lipinski definition) is 0. The lowest BCUT2D eigenvalue weighted by Gasteiger charge is -2.07. The summed E-state index contributed by atoms with van der Waals surface area (Å²) in [6, 6.07) is 3.94. The van der Waals surface area contributed by atoms with Gasteiger partial charge < -0.3 is 0 Å². The fourth-order valence-corrected chi connectivity index (χ4v) is 1.45. The van der Waals surface area contributed by atoms with Crippen LogP contribution in [0.5, 0.6) is 0 Å². The molecule has 90 valence electrons. The van der Waals surface area contributed by atoms with E-state index in [0.29, 0.717) is 4.68 Å². The highest BCUT2D eigenvalue weighted by atomic mass is 35.5. The standard InChI is InChI=1S/C8H3Cl2F3N4/c9-5-2-1-4(3-6(5)10)17-7(8(11,12)13)14-15-16-17/h1-3H. The number of hydrogen-bond acceptors (Lipinski definition) is 3. The predicted molar refractivity (Wildman–Crippen MR) is 54.2 cm³/mol. The predicted octanol–water partition coefficient (Wildman–Crippen LogP) is 2.99. The molecule has 1 heterocycles. The van der Waals surface area contributed by atoms with Crippen LogP contribution >= 0.6 is 23.2 Å². The van der Waals surface area contributed by atoms with Crippen LogP contribution in [0.25, 0.3) is 5.69 Å². The van der Waals surface area contributed by atoms with E-state index in [9.17, 15) is 13.2 Å². The number of tetrazole rings is 1. The molecular weight excluding hydrogens is 280 g/mol. The fourth-order valence-electron chi connectivity index (χ4n) is 1.15. The molecule has 4 nitrogen and oxygen atoms in total. The molecule has 0 atom stereocenters. The molecule has 0 aliphatic heterocycles. The summed E-state index contributed by atoms with van der Waals surface area (Å²) < 4.78 is 38.1. The Morgan fingerprint density at radius 3 is 2.41 bits per heavy atom. The zero-order valence-electron chi connectivity index (χ0n) is 7.91. The topological polar surface area (TPSA) is 43.6 Å². The van der Waals surface area contributed by atoms with Gasteiger partial charge in [-0.05, 0) is 28.6 Å². The van der Waals surface area contributed by atoms with Crippen molar-refractivity contribution in [1.29, 1.82) is 0 Å². The fraction of sp³-hybridized carbons (Fsp3) is 0.125. The summed E-state index contributed by atoms with van der Waals surface area (Å²) in [4.78, 5) is 0. The lowest BCUT2D eigenvalue weighted by atomic mass is 10.3. The summed E-state index contributed by atoms with van der Waals surface area (Å²) >= 11 is 11.4. The third kappa shape index (κ3) is 2.34. The molecule has 0 fully saturated rings. The number of benzene rings is 1. The monoisotopic (exact) mass is 282 g/mol. The van der Waals surface area contributed by atoms with Crippen molar-refractivity contribution >= 4 is 23.2 Å². The first-order valence-corrected chi connectivity index (χ1v) is 4.96. The molecule has 0 unspecified atom stereocenters. The van der Waals surface area contributed by atoms with Crippen LogP contribution in [-0.4, -0.2) is 20.2 Å². The van der Waals surface area contributed by atoms with Gasteiger partial charge >= 0.3 is 6.18 Å². The van der Waals surface area contributed by atoms with Crippen LogP contribution in [0.2, 0.25) is 10.0 Å². The van der Waals surface area contributed by atoms with Crippen molar-refractivity contribution in [2.75, 3.05) is 0 Å². The van der Waals surface area contributed by atoms with E-state index in [0.717, 1.165) is 0 Å². The van der Waals surface area contributed by atoms with E-state index < -0.39 is 12.0 Å². The van der Waals surface area contributed by atoms with E-state index in [-0.39, 0.29) is 15.7 Å². The highest BCUT2D eigenvalue weighted by molar-refractivity contribution is 6.42. The Labute approximate surface area is 103 Å². The smallest absolute Gasteiger partial charge is 0.189 e. The van der Waals surface area contributed by atoms with Crippen LogP contribution in [0.1, 0.15) is 5.82 Å². The zero-order valence-corrected chi connectivity index (χ0v) is 9.42. The molecule has 0 amide bonds. The molecule has 1 aromatic heterocycles. The van der Waals surface area contributed by atoms with Crippen molar-refractivity contribution in [3.8, 4) is 5.69 Å². The Kier molecular flexibility index (Phi) is 2.96. The number of rotatable bonds is 1. The molecule has 0 aliphatic rings. The van der Waals surface area contributed by atoms with Crippen molar-refractivity contribution in [2.24, 2.45) is 0 Å². The summed E-state index contributed by atoms with van der Waals surface area (Å²) in [5.41, 5.74) is 0.0803. The summed E-state index contributed by atoms with van der Waals surface area (Å²) in [7, 11) is 0. The minimum Gasteiger partial charge on any atom is -0.189 e. The Balaban J connectivity index is 2.54. The normalized spacial score (nSPS) is 11.8. The quantitative estimate of drug-likeness (QED) is 0.808. The molecule has 0 saturated heterocycles. The van der Waals surface area contributed by atoms with Gasteiger partial charge in [0.2, 0.25) is 0 Å². The summed E-state index contributed by atoms with van der Waals surface area (Å²) in [5.74, 6) is -1.23. The molecule has 17 heavy (non-hydrogen) atoms. The van der Waals surface area contributed by atoms with Crippen LogP contribution in [0, 0.1) is 0 Å².